The molecule has 2 nitrogen and oxygen atoms in total. The number of unbranched alkanes of at least 4 members (excludes halogenated alkanes) is 2. The van der Waals surface area contributed by atoms with Gasteiger partial charge >= 0.3 is 0 Å². The van der Waals surface area contributed by atoms with E-state index in [2.05, 4.69) is 11.5 Å². The van der Waals surface area contributed by atoms with Crippen LogP contribution in [0.1, 0.15) is 19.3 Å². The van der Waals surface area contributed by atoms with E-state index in [9.17, 15) is 0 Å². The van der Waals surface area contributed by atoms with Crippen molar-refractivity contribution in [1.29, 1.82) is 0 Å². The van der Waals surface area contributed by atoms with Crippen LogP contribution in [0.5, 0.6) is 0 Å². The monoisotopic (exact) mass is 153 g/mol. The van der Waals surface area contributed by atoms with Crippen LogP contribution in [0.2, 0.25) is 0 Å². The lowest BCUT2D eigenvalue weighted by molar-refractivity contribution is 0.170. The molecule has 0 N–H and O–H groups in total. The van der Waals surface area contributed by atoms with E-state index in [0.717, 1.165) is 19.7 Å². The number of ether oxygens (including phenoxy) is 1. The smallest absolute Gasteiger partial charge is 0.160 e. The van der Waals surface area contributed by atoms with E-state index in [1.165, 1.54) is 12.8 Å². The summed E-state index contributed by atoms with van der Waals surface area (Å²) in [5.74, 6) is 0. The van der Waals surface area contributed by atoms with Crippen molar-refractivity contribution in [3.8, 4) is 0 Å². The summed E-state index contributed by atoms with van der Waals surface area (Å²) < 4.78 is 5.04. The van der Waals surface area contributed by atoms with Gasteiger partial charge in [0, 0.05) is 12.7 Å². The van der Waals surface area contributed by atoms with Crippen LogP contribution in [0.15, 0.2) is 25.1 Å². The Labute approximate surface area is 68.1 Å². The normalized spacial score (nSPS) is 15.1. The molecule has 0 aromatic rings. The molecule has 0 bridgehead atoms. The van der Waals surface area contributed by atoms with Gasteiger partial charge in [0.1, 0.15) is 6.26 Å². The molecule has 0 radical (unpaired) electrons. The van der Waals surface area contributed by atoms with E-state index in [-0.39, 0.29) is 0 Å². The van der Waals surface area contributed by atoms with Gasteiger partial charge in [-0.15, -0.1) is 6.58 Å². The first-order chi connectivity index (χ1) is 5.43. The highest BCUT2D eigenvalue weighted by atomic mass is 16.5. The molecule has 1 aliphatic heterocycles. The third-order valence-corrected chi connectivity index (χ3v) is 1.71. The zero-order valence-electron chi connectivity index (χ0n) is 6.83. The average molecular weight is 153 g/mol. The minimum Gasteiger partial charge on any atom is -0.479 e. The summed E-state index contributed by atoms with van der Waals surface area (Å²) >= 11 is 0. The molecule has 0 saturated heterocycles. The van der Waals surface area contributed by atoms with Crippen molar-refractivity contribution >= 4 is 0 Å². The molecule has 0 spiro atoms. The van der Waals surface area contributed by atoms with Gasteiger partial charge in [0.15, 0.2) is 6.73 Å². The molecule has 0 aromatic heterocycles. The van der Waals surface area contributed by atoms with E-state index in [4.69, 9.17) is 4.74 Å². The number of hydrogen-bond acceptors (Lipinski definition) is 2. The van der Waals surface area contributed by atoms with Crippen LogP contribution in [0, 0.1) is 0 Å². The summed E-state index contributed by atoms with van der Waals surface area (Å²) in [4.78, 5) is 2.17. The molecule has 11 heavy (non-hydrogen) atoms. The molecule has 2 heteroatoms. The Morgan fingerprint density at radius 3 is 3.09 bits per heavy atom. The molecule has 0 aromatic carbocycles. The lowest BCUT2D eigenvalue weighted by atomic mass is 10.2. The fourth-order valence-electron chi connectivity index (χ4n) is 1.05. The Morgan fingerprint density at radius 2 is 2.45 bits per heavy atom. The summed E-state index contributed by atoms with van der Waals surface area (Å²) in [5, 5.41) is 0. The van der Waals surface area contributed by atoms with Crippen LogP contribution < -0.4 is 0 Å². The van der Waals surface area contributed by atoms with Crippen LogP contribution in [0.3, 0.4) is 0 Å². The van der Waals surface area contributed by atoms with Gasteiger partial charge in [0.05, 0.1) is 0 Å². The fraction of sp³-hybridized carbons (Fsp3) is 0.556. The van der Waals surface area contributed by atoms with Gasteiger partial charge in [-0.05, 0) is 19.3 Å². The van der Waals surface area contributed by atoms with Crippen molar-refractivity contribution in [1.82, 2.24) is 4.90 Å². The van der Waals surface area contributed by atoms with Crippen molar-refractivity contribution < 1.29 is 4.74 Å². The molecule has 62 valence electrons. The van der Waals surface area contributed by atoms with E-state index in [0.29, 0.717) is 0 Å². The number of hydrogen-bond donors (Lipinski definition) is 0. The first-order valence-electron chi connectivity index (χ1n) is 4.06. The Hall–Kier alpha value is -0.920. The van der Waals surface area contributed by atoms with Gasteiger partial charge in [0.25, 0.3) is 0 Å². The molecular formula is C9H15NO. The average Bonchev–Trinajstić information content (AvgIpc) is 2.50. The summed E-state index contributed by atoms with van der Waals surface area (Å²) in [5.41, 5.74) is 0. The van der Waals surface area contributed by atoms with Gasteiger partial charge in [0.2, 0.25) is 0 Å². The lowest BCUT2D eigenvalue weighted by Gasteiger charge is -2.12. The Balaban J connectivity index is 1.94. The van der Waals surface area contributed by atoms with Crippen LogP contribution in [0.4, 0.5) is 0 Å². The Bertz CT molecular complexity index is 142. The quantitative estimate of drug-likeness (QED) is 0.443. The standard InChI is InChI=1S/C9H15NO/c1-2-3-4-5-6-10-7-8-11-9-10/h2,7-8H,1,3-6,9H2. The minimum absolute atomic E-state index is 0.730. The molecule has 0 fully saturated rings. The topological polar surface area (TPSA) is 12.5 Å². The first-order valence-corrected chi connectivity index (χ1v) is 4.06. The predicted octanol–water partition coefficient (Wildman–Crippen LogP) is 2.10. The van der Waals surface area contributed by atoms with E-state index >= 15 is 0 Å². The molecule has 0 atom stereocenters. The lowest BCUT2D eigenvalue weighted by Crippen LogP contribution is -2.16. The first kappa shape index (κ1) is 8.18. The van der Waals surface area contributed by atoms with Crippen molar-refractivity contribution in [2.75, 3.05) is 13.3 Å². The molecular weight excluding hydrogens is 138 g/mol. The third-order valence-electron chi connectivity index (χ3n) is 1.71. The highest BCUT2D eigenvalue weighted by Gasteiger charge is 2.02. The fourth-order valence-corrected chi connectivity index (χ4v) is 1.05. The molecule has 0 amide bonds. The van der Waals surface area contributed by atoms with Gasteiger partial charge in [-0.25, -0.2) is 0 Å². The van der Waals surface area contributed by atoms with Crippen LogP contribution in [-0.4, -0.2) is 18.2 Å². The maximum absolute atomic E-state index is 5.04. The van der Waals surface area contributed by atoms with Gasteiger partial charge in [-0.2, -0.15) is 0 Å². The van der Waals surface area contributed by atoms with Crippen molar-refractivity contribution in [3.63, 3.8) is 0 Å². The van der Waals surface area contributed by atoms with Gasteiger partial charge in [-0.3, -0.25) is 0 Å². The zero-order chi connectivity index (χ0) is 7.94. The minimum atomic E-state index is 0.730. The summed E-state index contributed by atoms with van der Waals surface area (Å²) in [6, 6.07) is 0. The molecule has 1 heterocycles. The van der Waals surface area contributed by atoms with Crippen molar-refractivity contribution in [3.05, 3.63) is 25.1 Å². The number of nitrogens with zero attached hydrogens (tertiary/aromatic N) is 1. The van der Waals surface area contributed by atoms with Crippen LogP contribution >= 0.6 is 0 Å². The summed E-state index contributed by atoms with van der Waals surface area (Å²) in [6.07, 6.45) is 9.28. The van der Waals surface area contributed by atoms with Crippen LogP contribution in [-0.2, 0) is 4.74 Å². The van der Waals surface area contributed by atoms with E-state index in [1.54, 1.807) is 6.26 Å². The molecule has 1 rings (SSSR count). The highest BCUT2D eigenvalue weighted by Crippen LogP contribution is 2.04. The second-order valence-electron chi connectivity index (χ2n) is 2.68. The number of allylic oxidation sites excluding steroid dienone is 1. The van der Waals surface area contributed by atoms with Crippen molar-refractivity contribution in [2.45, 2.75) is 19.3 Å². The predicted molar refractivity (Wildman–Crippen MR) is 45.8 cm³/mol. The molecule has 0 unspecified atom stereocenters. The summed E-state index contributed by atoms with van der Waals surface area (Å²) in [6.45, 7) is 5.51. The maximum atomic E-state index is 5.04. The highest BCUT2D eigenvalue weighted by molar-refractivity contribution is 4.79. The Kier molecular flexibility index (Phi) is 3.59. The largest absolute Gasteiger partial charge is 0.479 e. The van der Waals surface area contributed by atoms with E-state index < -0.39 is 0 Å². The van der Waals surface area contributed by atoms with Gasteiger partial charge < -0.3 is 9.64 Å². The molecule has 0 aliphatic carbocycles. The zero-order valence-corrected chi connectivity index (χ0v) is 6.83. The molecule has 0 saturated carbocycles. The number of rotatable bonds is 5. The summed E-state index contributed by atoms with van der Waals surface area (Å²) in [7, 11) is 0. The van der Waals surface area contributed by atoms with E-state index in [1.807, 2.05) is 12.3 Å². The van der Waals surface area contributed by atoms with Gasteiger partial charge in [-0.1, -0.05) is 6.08 Å². The second kappa shape index (κ2) is 4.83. The maximum Gasteiger partial charge on any atom is 0.160 e. The Morgan fingerprint density at radius 1 is 1.55 bits per heavy atom. The second-order valence-corrected chi connectivity index (χ2v) is 2.68. The van der Waals surface area contributed by atoms with Crippen LogP contribution in [0.25, 0.3) is 0 Å². The SMILES string of the molecule is C=CCCCCN1C=COC1. The molecule has 1 aliphatic rings. The van der Waals surface area contributed by atoms with Crippen molar-refractivity contribution in [2.24, 2.45) is 0 Å². The third kappa shape index (κ3) is 3.12.